The summed E-state index contributed by atoms with van der Waals surface area (Å²) < 4.78 is 40.5. The molecule has 0 amide bonds. The molecule has 1 heterocycles. The van der Waals surface area contributed by atoms with Crippen molar-refractivity contribution in [3.05, 3.63) is 18.5 Å². The molecule has 0 fully saturated rings. The van der Waals surface area contributed by atoms with Gasteiger partial charge in [0.2, 0.25) is 0 Å². The first kappa shape index (κ1) is 14.2. The van der Waals surface area contributed by atoms with E-state index in [2.05, 4.69) is 9.72 Å². The van der Waals surface area contributed by atoms with Gasteiger partial charge >= 0.3 is 6.18 Å². The summed E-state index contributed by atoms with van der Waals surface area (Å²) in [5.74, 6) is 0.136. The summed E-state index contributed by atoms with van der Waals surface area (Å²) in [5, 5.41) is 0. The topological polar surface area (TPSA) is 22.1 Å². The predicted molar refractivity (Wildman–Crippen MR) is 61.4 cm³/mol. The number of hydrogen-bond acceptors (Lipinski definition) is 3. The molecule has 0 unspecified atom stereocenters. The minimum atomic E-state index is -4.33. The maximum Gasteiger partial charge on any atom is 0.422 e. The number of ether oxygens (including phenoxy) is 1. The summed E-state index contributed by atoms with van der Waals surface area (Å²) in [4.78, 5) is 4.65. The van der Waals surface area contributed by atoms with Gasteiger partial charge in [0.05, 0.1) is 6.20 Å². The molecule has 0 N–H and O–H groups in total. The van der Waals surface area contributed by atoms with E-state index >= 15 is 0 Å². The Balaban J connectivity index is 2.66. The molecular formula is C11H14F3NOS. The van der Waals surface area contributed by atoms with Crippen molar-refractivity contribution in [3.8, 4) is 5.75 Å². The van der Waals surface area contributed by atoms with Crippen molar-refractivity contribution in [1.82, 2.24) is 4.98 Å². The number of halogens is 3. The zero-order valence-electron chi connectivity index (χ0n) is 9.84. The van der Waals surface area contributed by atoms with Crippen LogP contribution < -0.4 is 4.74 Å². The first-order chi connectivity index (χ1) is 7.66. The molecule has 0 radical (unpaired) electrons. The highest BCUT2D eigenvalue weighted by atomic mass is 32.2. The lowest BCUT2D eigenvalue weighted by atomic mass is 10.3. The second-order valence-electron chi connectivity index (χ2n) is 4.47. The maximum atomic E-state index is 12.0. The zero-order valence-corrected chi connectivity index (χ0v) is 10.7. The van der Waals surface area contributed by atoms with Crippen molar-refractivity contribution in [1.29, 1.82) is 0 Å². The first-order valence-corrected chi connectivity index (χ1v) is 5.81. The Morgan fingerprint density at radius 1 is 1.24 bits per heavy atom. The number of aromatic nitrogens is 1. The van der Waals surface area contributed by atoms with E-state index in [1.165, 1.54) is 18.0 Å². The molecule has 0 bridgehead atoms. The molecule has 0 saturated heterocycles. The number of rotatable bonds is 3. The van der Waals surface area contributed by atoms with Gasteiger partial charge in [0, 0.05) is 15.8 Å². The summed E-state index contributed by atoms with van der Waals surface area (Å²) in [5.41, 5.74) is 0. The number of alkyl halides is 3. The van der Waals surface area contributed by atoms with Crippen LogP contribution in [-0.2, 0) is 0 Å². The van der Waals surface area contributed by atoms with Gasteiger partial charge in [-0.1, -0.05) is 20.8 Å². The van der Waals surface area contributed by atoms with E-state index in [4.69, 9.17) is 0 Å². The van der Waals surface area contributed by atoms with Crippen LogP contribution in [-0.4, -0.2) is 22.5 Å². The molecule has 0 aromatic carbocycles. The lowest BCUT2D eigenvalue weighted by molar-refractivity contribution is -0.153. The van der Waals surface area contributed by atoms with Crippen LogP contribution in [0, 0.1) is 0 Å². The van der Waals surface area contributed by atoms with Gasteiger partial charge in [-0.15, -0.1) is 11.8 Å². The van der Waals surface area contributed by atoms with Crippen molar-refractivity contribution in [2.24, 2.45) is 0 Å². The molecule has 1 rings (SSSR count). The van der Waals surface area contributed by atoms with E-state index in [0.29, 0.717) is 0 Å². The third-order valence-electron chi connectivity index (χ3n) is 1.51. The van der Waals surface area contributed by atoms with E-state index in [9.17, 15) is 13.2 Å². The number of hydrogen-bond donors (Lipinski definition) is 0. The van der Waals surface area contributed by atoms with Crippen molar-refractivity contribution in [2.75, 3.05) is 6.61 Å². The second kappa shape index (κ2) is 5.16. The molecule has 0 aliphatic rings. The Morgan fingerprint density at radius 3 is 2.41 bits per heavy atom. The second-order valence-corrected chi connectivity index (χ2v) is 6.37. The fourth-order valence-corrected chi connectivity index (χ4v) is 2.05. The van der Waals surface area contributed by atoms with Crippen LogP contribution in [0.25, 0.3) is 0 Å². The van der Waals surface area contributed by atoms with Gasteiger partial charge < -0.3 is 4.74 Å². The van der Waals surface area contributed by atoms with Crippen LogP contribution in [0.1, 0.15) is 20.8 Å². The Morgan fingerprint density at radius 2 is 1.88 bits per heavy atom. The number of nitrogens with zero attached hydrogens (tertiary/aromatic N) is 1. The SMILES string of the molecule is CC(C)(C)Sc1cncc(OCC(F)(F)F)c1. The van der Waals surface area contributed by atoms with Gasteiger partial charge in [0.25, 0.3) is 0 Å². The highest BCUT2D eigenvalue weighted by molar-refractivity contribution is 8.00. The van der Waals surface area contributed by atoms with Crippen molar-refractivity contribution < 1.29 is 17.9 Å². The number of thioether (sulfide) groups is 1. The molecular weight excluding hydrogens is 251 g/mol. The molecule has 0 aliphatic carbocycles. The van der Waals surface area contributed by atoms with Crippen molar-refractivity contribution in [2.45, 2.75) is 36.6 Å². The average Bonchev–Trinajstić information content (AvgIpc) is 2.11. The third kappa shape index (κ3) is 6.41. The van der Waals surface area contributed by atoms with Gasteiger partial charge in [-0.25, -0.2) is 0 Å². The fraction of sp³-hybridized carbons (Fsp3) is 0.545. The molecule has 6 heteroatoms. The highest BCUT2D eigenvalue weighted by Gasteiger charge is 2.28. The minimum Gasteiger partial charge on any atom is -0.482 e. The molecule has 1 aromatic heterocycles. The molecule has 17 heavy (non-hydrogen) atoms. The highest BCUT2D eigenvalue weighted by Crippen LogP contribution is 2.33. The zero-order chi connectivity index (χ0) is 13.1. The van der Waals surface area contributed by atoms with E-state index in [1.54, 1.807) is 12.3 Å². The minimum absolute atomic E-state index is 0.0235. The Kier molecular flexibility index (Phi) is 4.30. The molecule has 0 spiro atoms. The van der Waals surface area contributed by atoms with E-state index in [-0.39, 0.29) is 10.5 Å². The van der Waals surface area contributed by atoms with Crippen LogP contribution in [0.3, 0.4) is 0 Å². The fourth-order valence-electron chi connectivity index (χ4n) is 1.05. The van der Waals surface area contributed by atoms with Crippen LogP contribution in [0.15, 0.2) is 23.4 Å². The monoisotopic (exact) mass is 265 g/mol. The molecule has 0 saturated carbocycles. The molecule has 2 nitrogen and oxygen atoms in total. The largest absolute Gasteiger partial charge is 0.482 e. The number of pyridine rings is 1. The summed E-state index contributed by atoms with van der Waals surface area (Å²) >= 11 is 1.52. The standard InChI is InChI=1S/C11H14F3NOS/c1-10(2,3)17-9-4-8(5-15-6-9)16-7-11(12,13)14/h4-6H,7H2,1-3H3. The summed E-state index contributed by atoms with van der Waals surface area (Å²) in [6.45, 7) is 4.75. The van der Waals surface area contributed by atoms with E-state index in [1.807, 2.05) is 20.8 Å². The van der Waals surface area contributed by atoms with Gasteiger partial charge in [-0.2, -0.15) is 13.2 Å². The van der Waals surface area contributed by atoms with Crippen LogP contribution in [0.5, 0.6) is 5.75 Å². The van der Waals surface area contributed by atoms with E-state index in [0.717, 1.165) is 4.90 Å². The smallest absolute Gasteiger partial charge is 0.422 e. The van der Waals surface area contributed by atoms with E-state index < -0.39 is 12.8 Å². The third-order valence-corrected chi connectivity index (χ3v) is 2.59. The lowest BCUT2D eigenvalue weighted by Crippen LogP contribution is -2.19. The Labute approximate surface area is 103 Å². The van der Waals surface area contributed by atoms with Gasteiger partial charge in [-0.3, -0.25) is 4.98 Å². The van der Waals surface area contributed by atoms with Crippen LogP contribution in [0.2, 0.25) is 0 Å². The molecule has 0 atom stereocenters. The maximum absolute atomic E-state index is 12.0. The van der Waals surface area contributed by atoms with Crippen LogP contribution in [0.4, 0.5) is 13.2 Å². The van der Waals surface area contributed by atoms with Crippen LogP contribution >= 0.6 is 11.8 Å². The van der Waals surface area contributed by atoms with Crippen molar-refractivity contribution >= 4 is 11.8 Å². The normalized spacial score (nSPS) is 12.6. The Hall–Kier alpha value is -0.910. The Bertz CT molecular complexity index is 374. The molecule has 1 aromatic rings. The predicted octanol–water partition coefficient (Wildman–Crippen LogP) is 3.91. The lowest BCUT2D eigenvalue weighted by Gasteiger charge is -2.17. The first-order valence-electron chi connectivity index (χ1n) is 4.99. The summed E-state index contributed by atoms with van der Waals surface area (Å²) in [7, 11) is 0. The summed E-state index contributed by atoms with van der Waals surface area (Å²) in [6.07, 6.45) is -1.44. The van der Waals surface area contributed by atoms with Gasteiger partial charge in [-0.05, 0) is 6.07 Å². The average molecular weight is 265 g/mol. The van der Waals surface area contributed by atoms with Crippen molar-refractivity contribution in [3.63, 3.8) is 0 Å². The molecule has 0 aliphatic heterocycles. The quantitative estimate of drug-likeness (QED) is 0.773. The molecule has 96 valence electrons. The van der Waals surface area contributed by atoms with Gasteiger partial charge in [0.15, 0.2) is 6.61 Å². The summed E-state index contributed by atoms with van der Waals surface area (Å²) in [6, 6.07) is 1.56. The van der Waals surface area contributed by atoms with Gasteiger partial charge in [0.1, 0.15) is 5.75 Å².